The number of piperidine rings is 1. The second-order valence-electron chi connectivity index (χ2n) is 8.00. The molecule has 2 aliphatic heterocycles. The first-order chi connectivity index (χ1) is 15.4. The zero-order valence-corrected chi connectivity index (χ0v) is 19.6. The maximum Gasteiger partial charge on any atom is 0.243 e. The molecule has 1 aromatic carbocycles. The van der Waals surface area contributed by atoms with Crippen molar-refractivity contribution in [1.29, 1.82) is 0 Å². The number of hydrogen-bond acceptors (Lipinski definition) is 6. The number of anilines is 1. The number of carbonyl (C=O) groups excluding carboxylic acids is 1. The van der Waals surface area contributed by atoms with Gasteiger partial charge in [-0.1, -0.05) is 11.6 Å². The summed E-state index contributed by atoms with van der Waals surface area (Å²) in [5, 5.41) is 0.600. The number of ether oxygens (including phenoxy) is 1. The molecule has 8 nitrogen and oxygen atoms in total. The number of piperazine rings is 1. The van der Waals surface area contributed by atoms with E-state index in [1.165, 1.54) is 4.31 Å². The van der Waals surface area contributed by atoms with Crippen LogP contribution in [0, 0.1) is 5.92 Å². The van der Waals surface area contributed by atoms with E-state index in [4.69, 9.17) is 16.3 Å². The van der Waals surface area contributed by atoms with Gasteiger partial charge in [0.2, 0.25) is 15.9 Å². The van der Waals surface area contributed by atoms with Gasteiger partial charge in [-0.25, -0.2) is 13.4 Å². The quantitative estimate of drug-likeness (QED) is 0.656. The number of pyridine rings is 1. The van der Waals surface area contributed by atoms with Crippen molar-refractivity contribution < 1.29 is 17.9 Å². The van der Waals surface area contributed by atoms with Crippen molar-refractivity contribution >= 4 is 33.3 Å². The SMILES string of the molecule is COc1ccc(S(=O)(=O)N2CCC(C(=O)N3CCN(c4ccc(Cl)cn4)CC3)CC2)cc1. The number of halogens is 1. The fourth-order valence-electron chi connectivity index (χ4n) is 4.21. The fourth-order valence-corrected chi connectivity index (χ4v) is 5.79. The van der Waals surface area contributed by atoms with Crippen LogP contribution in [0.4, 0.5) is 5.82 Å². The summed E-state index contributed by atoms with van der Waals surface area (Å²) in [6.07, 6.45) is 2.70. The van der Waals surface area contributed by atoms with E-state index in [1.807, 2.05) is 17.0 Å². The normalized spacial score (nSPS) is 18.6. The molecule has 172 valence electrons. The van der Waals surface area contributed by atoms with Gasteiger partial charge >= 0.3 is 0 Å². The number of nitrogens with zero attached hydrogens (tertiary/aromatic N) is 4. The van der Waals surface area contributed by atoms with Gasteiger partial charge in [0, 0.05) is 51.4 Å². The van der Waals surface area contributed by atoms with Crippen molar-refractivity contribution in [3.05, 3.63) is 47.6 Å². The predicted molar refractivity (Wildman–Crippen MR) is 123 cm³/mol. The molecular formula is C22H27ClN4O4S. The highest BCUT2D eigenvalue weighted by atomic mass is 35.5. The van der Waals surface area contributed by atoms with Crippen molar-refractivity contribution in [3.8, 4) is 5.75 Å². The zero-order valence-electron chi connectivity index (χ0n) is 18.0. The molecule has 0 bridgehead atoms. The van der Waals surface area contributed by atoms with Crippen molar-refractivity contribution in [2.75, 3.05) is 51.3 Å². The molecule has 3 heterocycles. The minimum absolute atomic E-state index is 0.121. The molecular weight excluding hydrogens is 452 g/mol. The fraction of sp³-hybridized carbons (Fsp3) is 0.455. The Morgan fingerprint density at radius 3 is 2.22 bits per heavy atom. The first-order valence-electron chi connectivity index (χ1n) is 10.7. The van der Waals surface area contributed by atoms with Crippen LogP contribution in [0.25, 0.3) is 0 Å². The van der Waals surface area contributed by atoms with E-state index in [0.29, 0.717) is 62.9 Å². The number of sulfonamides is 1. The van der Waals surface area contributed by atoms with Crippen LogP contribution in [0.3, 0.4) is 0 Å². The summed E-state index contributed by atoms with van der Waals surface area (Å²) in [5.41, 5.74) is 0. The molecule has 4 rings (SSSR count). The Morgan fingerprint density at radius 2 is 1.66 bits per heavy atom. The molecule has 0 atom stereocenters. The molecule has 0 aliphatic carbocycles. The lowest BCUT2D eigenvalue weighted by molar-refractivity contribution is -0.137. The predicted octanol–water partition coefficient (Wildman–Crippen LogP) is 2.49. The second-order valence-corrected chi connectivity index (χ2v) is 10.4. The molecule has 2 aliphatic rings. The van der Waals surface area contributed by atoms with Crippen LogP contribution in [-0.2, 0) is 14.8 Å². The lowest BCUT2D eigenvalue weighted by Gasteiger charge is -2.38. The van der Waals surface area contributed by atoms with Crippen LogP contribution < -0.4 is 9.64 Å². The van der Waals surface area contributed by atoms with Crippen LogP contribution >= 0.6 is 11.6 Å². The van der Waals surface area contributed by atoms with E-state index >= 15 is 0 Å². The Bertz CT molecular complexity index is 1030. The molecule has 0 spiro atoms. The van der Waals surface area contributed by atoms with Crippen LogP contribution in [0.1, 0.15) is 12.8 Å². The van der Waals surface area contributed by atoms with E-state index in [9.17, 15) is 13.2 Å². The molecule has 0 saturated carbocycles. The smallest absolute Gasteiger partial charge is 0.243 e. The number of methoxy groups -OCH3 is 1. The number of carbonyl (C=O) groups is 1. The third-order valence-corrected chi connectivity index (χ3v) is 8.26. The largest absolute Gasteiger partial charge is 0.497 e. The standard InChI is InChI=1S/C22H27ClN4O4S/c1-31-19-3-5-20(6-4-19)32(29,30)27-10-8-17(9-11-27)22(28)26-14-12-25(13-15-26)21-7-2-18(23)16-24-21/h2-7,16-17H,8-15H2,1H3. The lowest BCUT2D eigenvalue weighted by atomic mass is 9.96. The van der Waals surface area contributed by atoms with Gasteiger partial charge in [0.15, 0.2) is 0 Å². The number of benzene rings is 1. The Kier molecular flexibility index (Phi) is 6.88. The highest BCUT2D eigenvalue weighted by Crippen LogP contribution is 2.27. The summed E-state index contributed by atoms with van der Waals surface area (Å²) in [6.45, 7) is 3.38. The van der Waals surface area contributed by atoms with Gasteiger partial charge in [0.05, 0.1) is 17.0 Å². The highest BCUT2D eigenvalue weighted by Gasteiger charge is 2.34. The van der Waals surface area contributed by atoms with Crippen LogP contribution in [0.2, 0.25) is 5.02 Å². The van der Waals surface area contributed by atoms with Gasteiger partial charge in [0.25, 0.3) is 0 Å². The van der Waals surface area contributed by atoms with Crippen LogP contribution in [0.15, 0.2) is 47.5 Å². The van der Waals surface area contributed by atoms with Crippen LogP contribution in [0.5, 0.6) is 5.75 Å². The number of amides is 1. The summed E-state index contributed by atoms with van der Waals surface area (Å²) in [5.74, 6) is 1.45. The topological polar surface area (TPSA) is 83.0 Å². The number of rotatable bonds is 5. The summed E-state index contributed by atoms with van der Waals surface area (Å²) in [6, 6.07) is 10.1. The van der Waals surface area contributed by atoms with Crippen molar-refractivity contribution in [2.24, 2.45) is 5.92 Å². The maximum absolute atomic E-state index is 13.0. The van der Waals surface area contributed by atoms with Crippen molar-refractivity contribution in [3.63, 3.8) is 0 Å². The van der Waals surface area contributed by atoms with Gasteiger partial charge in [-0.2, -0.15) is 4.31 Å². The molecule has 2 saturated heterocycles. The first-order valence-corrected chi connectivity index (χ1v) is 12.5. The zero-order chi connectivity index (χ0) is 22.7. The minimum atomic E-state index is -3.57. The van der Waals surface area contributed by atoms with E-state index < -0.39 is 10.0 Å². The van der Waals surface area contributed by atoms with Crippen LogP contribution in [-0.4, -0.2) is 74.9 Å². The Labute approximate surface area is 193 Å². The lowest BCUT2D eigenvalue weighted by Crippen LogP contribution is -2.52. The van der Waals surface area contributed by atoms with E-state index in [1.54, 1.807) is 37.6 Å². The second kappa shape index (κ2) is 9.64. The molecule has 2 fully saturated rings. The third-order valence-electron chi connectivity index (χ3n) is 6.13. The highest BCUT2D eigenvalue weighted by molar-refractivity contribution is 7.89. The van der Waals surface area contributed by atoms with E-state index in [2.05, 4.69) is 9.88 Å². The van der Waals surface area contributed by atoms with E-state index in [-0.39, 0.29) is 16.7 Å². The molecule has 0 unspecified atom stereocenters. The minimum Gasteiger partial charge on any atom is -0.497 e. The monoisotopic (exact) mass is 478 g/mol. The van der Waals surface area contributed by atoms with Crippen molar-refractivity contribution in [1.82, 2.24) is 14.2 Å². The molecule has 32 heavy (non-hydrogen) atoms. The molecule has 10 heteroatoms. The average Bonchev–Trinajstić information content (AvgIpc) is 2.84. The van der Waals surface area contributed by atoms with Gasteiger partial charge < -0.3 is 14.5 Å². The summed E-state index contributed by atoms with van der Waals surface area (Å²) >= 11 is 5.91. The summed E-state index contributed by atoms with van der Waals surface area (Å²) in [4.78, 5) is 21.7. The summed E-state index contributed by atoms with van der Waals surface area (Å²) < 4.78 is 32.4. The van der Waals surface area contributed by atoms with Gasteiger partial charge in [0.1, 0.15) is 11.6 Å². The molecule has 1 amide bonds. The van der Waals surface area contributed by atoms with E-state index in [0.717, 1.165) is 5.82 Å². The Morgan fingerprint density at radius 1 is 1.00 bits per heavy atom. The number of aromatic nitrogens is 1. The maximum atomic E-state index is 13.0. The molecule has 0 N–H and O–H groups in total. The Hall–Kier alpha value is -2.36. The van der Waals surface area contributed by atoms with Crippen molar-refractivity contribution in [2.45, 2.75) is 17.7 Å². The number of hydrogen-bond donors (Lipinski definition) is 0. The van der Waals surface area contributed by atoms with Gasteiger partial charge in [-0.3, -0.25) is 4.79 Å². The van der Waals surface area contributed by atoms with Gasteiger partial charge in [-0.05, 0) is 49.2 Å². The van der Waals surface area contributed by atoms with Gasteiger partial charge in [-0.15, -0.1) is 0 Å². The Balaban J connectivity index is 1.30. The third kappa shape index (κ3) is 4.84. The molecule has 2 aromatic rings. The molecule has 0 radical (unpaired) electrons. The average molecular weight is 479 g/mol. The first kappa shape index (κ1) is 22.8. The molecule has 1 aromatic heterocycles. The summed E-state index contributed by atoms with van der Waals surface area (Å²) in [7, 11) is -2.03.